The summed E-state index contributed by atoms with van der Waals surface area (Å²) in [6.07, 6.45) is 0. The Labute approximate surface area is 202 Å². The van der Waals surface area contributed by atoms with E-state index in [1.54, 1.807) is 0 Å². The van der Waals surface area contributed by atoms with Crippen molar-refractivity contribution in [2.45, 2.75) is 86.0 Å². The van der Waals surface area contributed by atoms with Gasteiger partial charge < -0.3 is 4.74 Å². The fourth-order valence-electron chi connectivity index (χ4n) is 4.06. The second kappa shape index (κ2) is 9.58. The van der Waals surface area contributed by atoms with Gasteiger partial charge in [-0.15, -0.1) is 0 Å². The van der Waals surface area contributed by atoms with Crippen molar-refractivity contribution in [1.82, 2.24) is 0 Å². The molecule has 178 valence electrons. The molecule has 1 aliphatic rings. The van der Waals surface area contributed by atoms with Crippen LogP contribution in [0.4, 0.5) is 5.69 Å². The summed E-state index contributed by atoms with van der Waals surface area (Å²) >= 11 is 0. The molecule has 0 N–H and O–H groups in total. The predicted molar refractivity (Wildman–Crippen MR) is 147 cm³/mol. The smallest absolute Gasteiger partial charge is 0.236 e. The number of aliphatic imine (C=N–C) groups is 2. The normalized spacial score (nSPS) is 17.5. The van der Waals surface area contributed by atoms with Gasteiger partial charge in [-0.3, -0.25) is 0 Å². The zero-order valence-electron chi connectivity index (χ0n) is 22.3. The third-order valence-electron chi connectivity index (χ3n) is 6.44. The molecule has 0 spiro atoms. The summed E-state index contributed by atoms with van der Waals surface area (Å²) in [5.74, 6) is 1.43. The van der Waals surface area contributed by atoms with Gasteiger partial charge in [0.05, 0.1) is 19.8 Å². The molecule has 1 heterocycles. The van der Waals surface area contributed by atoms with Crippen molar-refractivity contribution in [2.24, 2.45) is 15.4 Å². The van der Waals surface area contributed by atoms with Gasteiger partial charge in [0.1, 0.15) is 12.3 Å². The highest BCUT2D eigenvalue weighted by molar-refractivity contribution is 6.88. The molecule has 0 radical (unpaired) electrons. The van der Waals surface area contributed by atoms with Crippen molar-refractivity contribution in [3.8, 4) is 0 Å². The molecule has 3 rings (SSSR count). The van der Waals surface area contributed by atoms with E-state index in [-0.39, 0.29) is 11.5 Å². The van der Waals surface area contributed by atoms with Crippen LogP contribution in [0.1, 0.15) is 77.0 Å². The fourth-order valence-corrected chi connectivity index (χ4v) is 5.23. The number of rotatable bonds is 6. The van der Waals surface area contributed by atoms with Gasteiger partial charge in [0, 0.05) is 5.56 Å². The average Bonchev–Trinajstić information content (AvgIpc) is 3.21. The molecule has 0 amide bonds. The number of ether oxygens (including phenoxy) is 1. The van der Waals surface area contributed by atoms with Crippen LogP contribution in [0.3, 0.4) is 0 Å². The van der Waals surface area contributed by atoms with E-state index in [4.69, 9.17) is 14.7 Å². The third-order valence-corrected chi connectivity index (χ3v) is 8.51. The number of para-hydroxylation sites is 1. The van der Waals surface area contributed by atoms with E-state index in [1.165, 1.54) is 16.3 Å². The zero-order chi connectivity index (χ0) is 24.6. The molecule has 33 heavy (non-hydrogen) atoms. The molecule has 2 aromatic rings. The van der Waals surface area contributed by atoms with E-state index in [9.17, 15) is 0 Å². The summed E-state index contributed by atoms with van der Waals surface area (Å²) in [5.41, 5.74) is 5.56. The van der Waals surface area contributed by atoms with Crippen LogP contribution in [0.15, 0.2) is 52.4 Å². The molecule has 0 saturated heterocycles. The first-order valence-electron chi connectivity index (χ1n) is 12.3. The van der Waals surface area contributed by atoms with E-state index in [0.29, 0.717) is 24.3 Å². The van der Waals surface area contributed by atoms with Gasteiger partial charge in [-0.05, 0) is 28.4 Å². The van der Waals surface area contributed by atoms with Gasteiger partial charge in [0.15, 0.2) is 0 Å². The highest BCUT2D eigenvalue weighted by Gasteiger charge is 2.33. The minimum atomic E-state index is -1.38. The van der Waals surface area contributed by atoms with Crippen LogP contribution in [-0.4, -0.2) is 32.3 Å². The topological polar surface area (TPSA) is 34.0 Å². The van der Waals surface area contributed by atoms with Crippen molar-refractivity contribution >= 4 is 30.6 Å². The number of hydrogen-bond donors (Lipinski definition) is 0. The van der Waals surface area contributed by atoms with Gasteiger partial charge in [0.2, 0.25) is 5.90 Å². The maximum absolute atomic E-state index is 6.21. The first kappa shape index (κ1) is 25.4. The molecule has 1 atom stereocenters. The molecule has 0 aliphatic carbocycles. The molecular weight excluding hydrogens is 420 g/mol. The maximum Gasteiger partial charge on any atom is 0.236 e. The molecule has 4 heteroatoms. The Morgan fingerprint density at radius 2 is 1.48 bits per heavy atom. The highest BCUT2D eigenvalue weighted by atomic mass is 28.3. The van der Waals surface area contributed by atoms with Crippen molar-refractivity contribution in [3.63, 3.8) is 0 Å². The zero-order valence-corrected chi connectivity index (χ0v) is 23.3. The minimum absolute atomic E-state index is 0.0491. The third kappa shape index (κ3) is 5.84. The van der Waals surface area contributed by atoms with Gasteiger partial charge in [-0.2, -0.15) is 0 Å². The van der Waals surface area contributed by atoms with E-state index >= 15 is 0 Å². The molecule has 3 nitrogen and oxygen atoms in total. The summed E-state index contributed by atoms with van der Waals surface area (Å²) in [4.78, 5) is 10.4. The van der Waals surface area contributed by atoms with Crippen LogP contribution in [0.25, 0.3) is 0 Å². The van der Waals surface area contributed by atoms with Gasteiger partial charge in [0.25, 0.3) is 0 Å². The standard InChI is InChI=1S/C29H42N2OSi/c1-19(2)23-12-11-13-24(20(3)4)27(23)31-26(28-30-25(18-32-28)29(5,6)7)21-14-16-22(17-15-21)33(8,9)10/h11-17,19-20,25H,18H2,1-10H3/b31-26+/t25-/m1/s1. The van der Waals surface area contributed by atoms with Crippen molar-refractivity contribution in [2.75, 3.05) is 6.61 Å². The molecule has 0 saturated carbocycles. The van der Waals surface area contributed by atoms with Crippen LogP contribution in [0.5, 0.6) is 0 Å². The van der Waals surface area contributed by atoms with Crippen molar-refractivity contribution in [3.05, 3.63) is 59.2 Å². The quantitative estimate of drug-likeness (QED) is 0.324. The summed E-state index contributed by atoms with van der Waals surface area (Å²) in [5, 5.41) is 1.44. The lowest BCUT2D eigenvalue weighted by Crippen LogP contribution is -2.37. The van der Waals surface area contributed by atoms with Crippen molar-refractivity contribution in [1.29, 1.82) is 0 Å². The van der Waals surface area contributed by atoms with Crippen LogP contribution in [0.2, 0.25) is 19.6 Å². The SMILES string of the molecule is CC(C)c1cccc(C(C)C)c1/N=C(/C1=N[C@@H](C(C)(C)C)CO1)c1ccc([Si](C)(C)C)cc1. The number of nitrogens with zero attached hydrogens (tertiary/aromatic N) is 2. The Hall–Kier alpha value is -2.20. The highest BCUT2D eigenvalue weighted by Crippen LogP contribution is 2.36. The second-order valence-corrected chi connectivity index (χ2v) is 17.1. The average molecular weight is 463 g/mol. The number of hydrogen-bond acceptors (Lipinski definition) is 3. The van der Waals surface area contributed by atoms with Crippen LogP contribution in [-0.2, 0) is 4.74 Å². The molecular formula is C29H42N2OSi. The van der Waals surface area contributed by atoms with E-state index < -0.39 is 8.07 Å². The Balaban J connectivity index is 2.22. The number of benzene rings is 2. The molecule has 0 fully saturated rings. The molecule has 0 aromatic heterocycles. The Morgan fingerprint density at radius 3 is 1.91 bits per heavy atom. The van der Waals surface area contributed by atoms with Gasteiger partial charge in [-0.1, -0.05) is 116 Å². The maximum atomic E-state index is 6.21. The lowest BCUT2D eigenvalue weighted by Gasteiger charge is -2.21. The van der Waals surface area contributed by atoms with Crippen molar-refractivity contribution < 1.29 is 4.74 Å². The fraction of sp³-hybridized carbons (Fsp3) is 0.517. The van der Waals surface area contributed by atoms with Crippen LogP contribution >= 0.6 is 0 Å². The monoisotopic (exact) mass is 462 g/mol. The Bertz CT molecular complexity index is 1010. The first-order valence-corrected chi connectivity index (χ1v) is 15.8. The van der Waals surface area contributed by atoms with Crippen LogP contribution < -0.4 is 5.19 Å². The van der Waals surface area contributed by atoms with Gasteiger partial charge >= 0.3 is 0 Å². The van der Waals surface area contributed by atoms with E-state index in [0.717, 1.165) is 17.0 Å². The molecule has 0 unspecified atom stereocenters. The van der Waals surface area contributed by atoms with Gasteiger partial charge in [-0.25, -0.2) is 9.98 Å². The van der Waals surface area contributed by atoms with Crippen LogP contribution in [0, 0.1) is 5.41 Å². The minimum Gasteiger partial charge on any atom is -0.474 e. The second-order valence-electron chi connectivity index (χ2n) is 12.0. The lowest BCUT2D eigenvalue weighted by molar-refractivity contribution is 0.237. The molecule has 0 bridgehead atoms. The Kier molecular flexibility index (Phi) is 7.38. The molecule has 2 aromatic carbocycles. The largest absolute Gasteiger partial charge is 0.474 e. The lowest BCUT2D eigenvalue weighted by atomic mass is 9.88. The summed E-state index contributed by atoms with van der Waals surface area (Å²) in [6.45, 7) is 23.3. The summed E-state index contributed by atoms with van der Waals surface area (Å²) in [7, 11) is -1.38. The summed E-state index contributed by atoms with van der Waals surface area (Å²) in [6, 6.07) is 15.6. The summed E-state index contributed by atoms with van der Waals surface area (Å²) < 4.78 is 6.21. The predicted octanol–water partition coefficient (Wildman–Crippen LogP) is 7.44. The first-order chi connectivity index (χ1) is 15.3. The molecule has 1 aliphatic heterocycles. The van der Waals surface area contributed by atoms with E-state index in [2.05, 4.69) is 111 Å². The van der Waals surface area contributed by atoms with E-state index in [1.807, 2.05) is 0 Å². The Morgan fingerprint density at radius 1 is 0.939 bits per heavy atom.